The van der Waals surface area contributed by atoms with Gasteiger partial charge in [-0.2, -0.15) is 0 Å². The van der Waals surface area contributed by atoms with Crippen molar-refractivity contribution in [3.63, 3.8) is 0 Å². The Hall–Kier alpha value is -2.04. The van der Waals surface area contributed by atoms with Crippen LogP contribution < -0.4 is 14.8 Å². The van der Waals surface area contributed by atoms with Gasteiger partial charge in [0.05, 0.1) is 7.11 Å². The average molecular weight is 351 g/mol. The van der Waals surface area contributed by atoms with Crippen LogP contribution in [0.2, 0.25) is 0 Å². The first kappa shape index (κ1) is 21.0. The van der Waals surface area contributed by atoms with Gasteiger partial charge < -0.3 is 14.8 Å². The van der Waals surface area contributed by atoms with E-state index in [0.717, 1.165) is 24.0 Å². The third kappa shape index (κ3) is 5.48. The monoisotopic (exact) mass is 351 g/mol. The van der Waals surface area contributed by atoms with Crippen LogP contribution in [0.15, 0.2) is 18.2 Å². The van der Waals surface area contributed by atoms with Crippen molar-refractivity contribution in [3.05, 3.63) is 29.3 Å². The quantitative estimate of drug-likeness (QED) is 0.682. The normalized spacial score (nSPS) is 14.0. The molecule has 0 saturated heterocycles. The molecule has 0 fully saturated rings. The molecular formula is C20H30FNO3. The van der Waals surface area contributed by atoms with Gasteiger partial charge in [0.25, 0.3) is 5.91 Å². The predicted octanol–water partition coefficient (Wildman–Crippen LogP) is 4.98. The molecule has 0 bridgehead atoms. The average Bonchev–Trinajstić information content (AvgIpc) is 2.57. The largest absolute Gasteiger partial charge is 0.496 e. The summed E-state index contributed by atoms with van der Waals surface area (Å²) in [5.74, 6) is 0.562. The van der Waals surface area contributed by atoms with Crippen LogP contribution in [0.25, 0.3) is 5.57 Å². The Balaban J connectivity index is 3.57. The Morgan fingerprint density at radius 2 is 1.88 bits per heavy atom. The fourth-order valence-corrected chi connectivity index (χ4v) is 2.70. The van der Waals surface area contributed by atoms with Crippen LogP contribution >= 0.6 is 0 Å². The zero-order chi connectivity index (χ0) is 19.0. The Morgan fingerprint density at radius 3 is 2.36 bits per heavy atom. The van der Waals surface area contributed by atoms with Crippen LogP contribution in [-0.4, -0.2) is 25.9 Å². The van der Waals surface area contributed by atoms with Crippen LogP contribution in [0.3, 0.4) is 0 Å². The molecule has 2 atom stereocenters. The lowest BCUT2D eigenvalue weighted by molar-refractivity contribution is 0.0810. The molecule has 0 aliphatic heterocycles. The second-order valence-corrected chi connectivity index (χ2v) is 5.95. The van der Waals surface area contributed by atoms with Gasteiger partial charge in [-0.15, -0.1) is 0 Å². The van der Waals surface area contributed by atoms with Gasteiger partial charge in [-0.1, -0.05) is 26.8 Å². The van der Waals surface area contributed by atoms with E-state index < -0.39 is 6.36 Å². The maximum atomic E-state index is 13.5. The summed E-state index contributed by atoms with van der Waals surface area (Å²) in [6.07, 6.45) is 2.48. The number of allylic oxidation sites excluding steroid dienone is 2. The Kier molecular flexibility index (Phi) is 8.46. The molecule has 1 aromatic carbocycles. The van der Waals surface area contributed by atoms with Crippen molar-refractivity contribution in [2.75, 3.05) is 13.7 Å². The number of amides is 1. The highest BCUT2D eigenvalue weighted by Gasteiger charge is 2.23. The lowest BCUT2D eigenvalue weighted by Gasteiger charge is -2.20. The first-order valence-corrected chi connectivity index (χ1v) is 8.90. The lowest BCUT2D eigenvalue weighted by Crippen LogP contribution is -2.24. The highest BCUT2D eigenvalue weighted by atomic mass is 19.1. The first-order chi connectivity index (χ1) is 11.9. The summed E-state index contributed by atoms with van der Waals surface area (Å²) in [5, 5.41) is 2.72. The molecule has 0 aliphatic rings. The van der Waals surface area contributed by atoms with E-state index >= 15 is 0 Å². The van der Waals surface area contributed by atoms with Crippen molar-refractivity contribution in [2.24, 2.45) is 5.92 Å². The van der Waals surface area contributed by atoms with E-state index in [4.69, 9.17) is 9.47 Å². The molecule has 1 N–H and O–H groups in total. The van der Waals surface area contributed by atoms with Crippen molar-refractivity contribution >= 4 is 11.5 Å². The Bertz CT molecular complexity index is 611. The summed E-state index contributed by atoms with van der Waals surface area (Å²) >= 11 is 0. The van der Waals surface area contributed by atoms with Gasteiger partial charge in [0.15, 0.2) is 0 Å². The van der Waals surface area contributed by atoms with E-state index in [1.54, 1.807) is 6.07 Å². The van der Waals surface area contributed by atoms with E-state index in [1.165, 1.54) is 14.0 Å². The fourth-order valence-electron chi connectivity index (χ4n) is 2.70. The van der Waals surface area contributed by atoms with Crippen LogP contribution in [0.4, 0.5) is 4.39 Å². The molecule has 1 aromatic rings. The molecule has 0 heterocycles. The number of rotatable bonds is 9. The van der Waals surface area contributed by atoms with Gasteiger partial charge in [-0.25, -0.2) is 4.39 Å². The van der Waals surface area contributed by atoms with E-state index in [9.17, 15) is 9.18 Å². The van der Waals surface area contributed by atoms with E-state index in [1.807, 2.05) is 13.0 Å². The maximum absolute atomic E-state index is 13.5. The zero-order valence-corrected chi connectivity index (χ0v) is 16.1. The van der Waals surface area contributed by atoms with Gasteiger partial charge >= 0.3 is 0 Å². The maximum Gasteiger partial charge on any atom is 0.258 e. The summed E-state index contributed by atoms with van der Waals surface area (Å²) in [6.45, 7) is 9.91. The van der Waals surface area contributed by atoms with Gasteiger partial charge in [0, 0.05) is 13.5 Å². The first-order valence-electron chi connectivity index (χ1n) is 8.90. The number of carbonyl (C=O) groups is 1. The van der Waals surface area contributed by atoms with Crippen LogP contribution in [0, 0.1) is 5.92 Å². The van der Waals surface area contributed by atoms with E-state index in [0.29, 0.717) is 18.2 Å². The van der Waals surface area contributed by atoms with Crippen molar-refractivity contribution in [2.45, 2.75) is 53.8 Å². The molecule has 1 amide bonds. The van der Waals surface area contributed by atoms with Crippen LogP contribution in [0.5, 0.6) is 11.5 Å². The molecule has 0 aliphatic carbocycles. The van der Waals surface area contributed by atoms with Crippen LogP contribution in [-0.2, 0) is 0 Å². The highest BCUT2D eigenvalue weighted by molar-refractivity contribution is 6.00. The summed E-state index contributed by atoms with van der Waals surface area (Å²) < 4.78 is 24.3. The Morgan fingerprint density at radius 1 is 1.24 bits per heavy atom. The molecule has 140 valence electrons. The molecule has 4 nitrogen and oxygen atoms in total. The number of methoxy groups -OCH3 is 1. The van der Waals surface area contributed by atoms with Gasteiger partial charge in [0.1, 0.15) is 17.1 Å². The second kappa shape index (κ2) is 10.1. The molecule has 0 aromatic heterocycles. The summed E-state index contributed by atoms with van der Waals surface area (Å²) in [4.78, 5) is 12.4. The lowest BCUT2D eigenvalue weighted by atomic mass is 9.90. The summed E-state index contributed by atoms with van der Waals surface area (Å²) in [5.41, 5.74) is 2.25. The summed E-state index contributed by atoms with van der Waals surface area (Å²) in [7, 11) is 1.50. The van der Waals surface area contributed by atoms with E-state index in [-0.39, 0.29) is 17.2 Å². The number of halogens is 1. The minimum atomic E-state index is -1.53. The number of hydrogen-bond donors (Lipinski definition) is 1. The topological polar surface area (TPSA) is 47.6 Å². The molecule has 1 rings (SSSR count). The molecule has 0 radical (unpaired) electrons. The zero-order valence-electron chi connectivity index (χ0n) is 16.1. The molecule has 25 heavy (non-hydrogen) atoms. The number of benzene rings is 1. The van der Waals surface area contributed by atoms with Gasteiger partial charge in [-0.3, -0.25) is 4.79 Å². The molecular weight excluding hydrogens is 321 g/mol. The highest BCUT2D eigenvalue weighted by Crippen LogP contribution is 2.37. The molecule has 0 spiro atoms. The SMILES string of the molecule is CC/C=C(/c1cc(OC)c(C(=O)NCC)c(OC(C)F)c1)C(C)CC. The molecule has 0 saturated carbocycles. The minimum absolute atomic E-state index is 0.195. The van der Waals surface area contributed by atoms with Gasteiger partial charge in [-0.05, 0) is 49.0 Å². The number of alkyl halides is 1. The predicted molar refractivity (Wildman–Crippen MR) is 99.9 cm³/mol. The fraction of sp³-hybridized carbons (Fsp3) is 0.550. The van der Waals surface area contributed by atoms with Crippen molar-refractivity contribution in [1.82, 2.24) is 5.32 Å². The van der Waals surface area contributed by atoms with Crippen molar-refractivity contribution in [1.29, 1.82) is 0 Å². The second-order valence-electron chi connectivity index (χ2n) is 5.95. The molecule has 5 heteroatoms. The van der Waals surface area contributed by atoms with Crippen molar-refractivity contribution < 1.29 is 18.7 Å². The number of carbonyl (C=O) groups excluding carboxylic acids is 1. The third-order valence-electron chi connectivity index (χ3n) is 4.04. The number of hydrogen-bond acceptors (Lipinski definition) is 3. The van der Waals surface area contributed by atoms with E-state index in [2.05, 4.69) is 32.2 Å². The van der Waals surface area contributed by atoms with Gasteiger partial charge in [0.2, 0.25) is 6.36 Å². The summed E-state index contributed by atoms with van der Waals surface area (Å²) in [6, 6.07) is 3.56. The molecule has 2 unspecified atom stereocenters. The number of ether oxygens (including phenoxy) is 2. The smallest absolute Gasteiger partial charge is 0.258 e. The Labute approximate surface area is 150 Å². The van der Waals surface area contributed by atoms with Crippen LogP contribution in [0.1, 0.15) is 63.4 Å². The standard InChI is InChI=1S/C20H30FNO3/c1-7-10-16(13(4)8-2)15-11-17(24-6)19(20(23)22-9-3)18(12-15)25-14(5)21/h10-14H,7-9H2,1-6H3,(H,22,23)/b16-10+. The number of nitrogens with one attached hydrogen (secondary N) is 1. The third-order valence-corrected chi connectivity index (χ3v) is 4.04. The minimum Gasteiger partial charge on any atom is -0.496 e. The van der Waals surface area contributed by atoms with Crippen molar-refractivity contribution in [3.8, 4) is 11.5 Å².